The van der Waals surface area contributed by atoms with Crippen LogP contribution in [0.25, 0.3) is 0 Å². The van der Waals surface area contributed by atoms with Crippen LogP contribution in [0.1, 0.15) is 12.0 Å². The van der Waals surface area contributed by atoms with E-state index in [0.717, 1.165) is 44.4 Å². The molecule has 20 heavy (non-hydrogen) atoms. The summed E-state index contributed by atoms with van der Waals surface area (Å²) in [6.07, 6.45) is 0.131. The Morgan fingerprint density at radius 3 is 2.70 bits per heavy atom. The minimum atomic E-state index is -0.926. The number of carbonyl (C=O) groups is 1. The first-order valence-electron chi connectivity index (χ1n) is 6.67. The lowest BCUT2D eigenvalue weighted by atomic mass is 10.0. The zero-order valence-electron chi connectivity index (χ0n) is 11.1. The molecular weight excluding hydrogens is 266 g/mol. The number of halogens is 2. The quantitative estimate of drug-likeness (QED) is 0.854. The molecule has 1 aliphatic heterocycles. The minimum Gasteiger partial charge on any atom is -0.481 e. The minimum absolute atomic E-state index is 0.0735. The average Bonchev–Trinajstić information content (AvgIpc) is 2.42. The number of hydrogen-bond acceptors (Lipinski definition) is 3. The van der Waals surface area contributed by atoms with Crippen LogP contribution >= 0.6 is 0 Å². The van der Waals surface area contributed by atoms with Gasteiger partial charge in [-0.15, -0.1) is 0 Å². The molecular formula is C14H18F2N2O2. The molecule has 1 fully saturated rings. The maximum Gasteiger partial charge on any atom is 0.304 e. The van der Waals surface area contributed by atoms with Crippen molar-refractivity contribution in [2.75, 3.05) is 26.2 Å². The smallest absolute Gasteiger partial charge is 0.304 e. The first-order chi connectivity index (χ1) is 9.56. The van der Waals surface area contributed by atoms with Crippen LogP contribution in [0.15, 0.2) is 18.2 Å². The second-order valence-electron chi connectivity index (χ2n) is 4.98. The lowest BCUT2D eigenvalue weighted by molar-refractivity contribution is -0.138. The zero-order chi connectivity index (χ0) is 14.5. The van der Waals surface area contributed by atoms with Gasteiger partial charge in [-0.25, -0.2) is 8.78 Å². The third-order valence-corrected chi connectivity index (χ3v) is 3.54. The van der Waals surface area contributed by atoms with Crippen LogP contribution in [-0.2, 0) is 11.2 Å². The summed E-state index contributed by atoms with van der Waals surface area (Å²) in [6.45, 7) is 2.99. The molecule has 0 spiro atoms. The average molecular weight is 284 g/mol. The van der Waals surface area contributed by atoms with Crippen molar-refractivity contribution in [1.29, 1.82) is 0 Å². The summed E-state index contributed by atoms with van der Waals surface area (Å²) >= 11 is 0. The van der Waals surface area contributed by atoms with E-state index in [0.29, 0.717) is 0 Å². The van der Waals surface area contributed by atoms with E-state index in [9.17, 15) is 13.6 Å². The number of piperazine rings is 1. The third-order valence-electron chi connectivity index (χ3n) is 3.54. The fourth-order valence-electron chi connectivity index (χ4n) is 2.53. The van der Waals surface area contributed by atoms with Gasteiger partial charge in [-0.05, 0) is 30.2 Å². The van der Waals surface area contributed by atoms with Crippen LogP contribution in [-0.4, -0.2) is 48.2 Å². The summed E-state index contributed by atoms with van der Waals surface area (Å²) in [5.74, 6) is -1.92. The molecule has 0 amide bonds. The largest absolute Gasteiger partial charge is 0.481 e. The molecule has 1 aliphatic rings. The highest BCUT2D eigenvalue weighted by molar-refractivity contribution is 5.67. The number of aliphatic carboxylic acids is 1. The van der Waals surface area contributed by atoms with Gasteiger partial charge in [0.05, 0.1) is 6.42 Å². The Bertz CT molecular complexity index is 476. The van der Waals surface area contributed by atoms with Crippen LogP contribution in [0.2, 0.25) is 0 Å². The molecule has 1 aromatic carbocycles. The van der Waals surface area contributed by atoms with Crippen molar-refractivity contribution in [3.63, 3.8) is 0 Å². The van der Waals surface area contributed by atoms with E-state index in [4.69, 9.17) is 5.11 Å². The van der Waals surface area contributed by atoms with Gasteiger partial charge in [0.15, 0.2) is 0 Å². The molecule has 1 atom stereocenters. The summed E-state index contributed by atoms with van der Waals surface area (Å²) in [5, 5.41) is 12.2. The fourth-order valence-corrected chi connectivity index (χ4v) is 2.53. The monoisotopic (exact) mass is 284 g/mol. The molecule has 1 saturated heterocycles. The molecule has 0 radical (unpaired) electrons. The predicted octanol–water partition coefficient (Wildman–Crippen LogP) is 1.26. The number of nitrogens with zero attached hydrogens (tertiary/aromatic N) is 1. The van der Waals surface area contributed by atoms with Gasteiger partial charge < -0.3 is 10.4 Å². The molecule has 0 aliphatic carbocycles. The van der Waals surface area contributed by atoms with Crippen molar-refractivity contribution < 1.29 is 18.7 Å². The summed E-state index contributed by atoms with van der Waals surface area (Å²) in [6, 6.07) is 2.98. The van der Waals surface area contributed by atoms with E-state index in [1.54, 1.807) is 0 Å². The number of carboxylic acids is 1. The van der Waals surface area contributed by atoms with Crippen LogP contribution in [0.4, 0.5) is 8.78 Å². The predicted molar refractivity (Wildman–Crippen MR) is 70.5 cm³/mol. The van der Waals surface area contributed by atoms with E-state index >= 15 is 0 Å². The van der Waals surface area contributed by atoms with Gasteiger partial charge in [-0.2, -0.15) is 0 Å². The number of carboxylic acid groups (broad SMARTS) is 1. The number of hydrogen-bond donors (Lipinski definition) is 2. The molecule has 1 aromatic rings. The SMILES string of the molecule is O=C(O)CC(Cc1cc(F)ccc1F)N1CCNCC1. The van der Waals surface area contributed by atoms with Crippen LogP contribution in [0.5, 0.6) is 0 Å². The molecule has 6 heteroatoms. The Morgan fingerprint density at radius 1 is 1.35 bits per heavy atom. The number of rotatable bonds is 5. The number of nitrogens with one attached hydrogen (secondary N) is 1. The zero-order valence-corrected chi connectivity index (χ0v) is 11.1. The second-order valence-corrected chi connectivity index (χ2v) is 4.98. The van der Waals surface area contributed by atoms with Gasteiger partial charge in [-0.3, -0.25) is 9.69 Å². The highest BCUT2D eigenvalue weighted by Gasteiger charge is 2.24. The molecule has 0 aromatic heterocycles. The van der Waals surface area contributed by atoms with Crippen molar-refractivity contribution in [3.05, 3.63) is 35.4 Å². The Hall–Kier alpha value is -1.53. The second kappa shape index (κ2) is 6.76. The van der Waals surface area contributed by atoms with Gasteiger partial charge in [0.25, 0.3) is 0 Å². The first-order valence-corrected chi connectivity index (χ1v) is 6.67. The van der Waals surface area contributed by atoms with Crippen LogP contribution in [0, 0.1) is 11.6 Å². The van der Waals surface area contributed by atoms with E-state index in [1.807, 2.05) is 4.90 Å². The normalized spacial score (nSPS) is 17.9. The van der Waals surface area contributed by atoms with Crippen LogP contribution < -0.4 is 5.32 Å². The van der Waals surface area contributed by atoms with Crippen molar-refractivity contribution in [1.82, 2.24) is 10.2 Å². The van der Waals surface area contributed by atoms with Crippen molar-refractivity contribution in [2.45, 2.75) is 18.9 Å². The third kappa shape index (κ3) is 3.98. The summed E-state index contributed by atoms with van der Waals surface area (Å²) in [7, 11) is 0. The van der Waals surface area contributed by atoms with Crippen molar-refractivity contribution in [2.24, 2.45) is 0 Å². The molecule has 4 nitrogen and oxygen atoms in total. The maximum absolute atomic E-state index is 13.7. The summed E-state index contributed by atoms with van der Waals surface area (Å²) in [4.78, 5) is 13.0. The van der Waals surface area contributed by atoms with Gasteiger partial charge in [-0.1, -0.05) is 0 Å². The van der Waals surface area contributed by atoms with E-state index < -0.39 is 17.6 Å². The fraction of sp³-hybridized carbons (Fsp3) is 0.500. The molecule has 1 unspecified atom stereocenters. The molecule has 110 valence electrons. The van der Waals surface area contributed by atoms with Gasteiger partial charge in [0.2, 0.25) is 0 Å². The van der Waals surface area contributed by atoms with E-state index in [1.165, 1.54) is 0 Å². The highest BCUT2D eigenvalue weighted by Crippen LogP contribution is 2.17. The van der Waals surface area contributed by atoms with Crippen molar-refractivity contribution >= 4 is 5.97 Å². The first kappa shape index (κ1) is 14.9. The Labute approximate surface area is 116 Å². The lowest BCUT2D eigenvalue weighted by Crippen LogP contribution is -2.49. The van der Waals surface area contributed by atoms with E-state index in [-0.39, 0.29) is 24.4 Å². The standard InChI is InChI=1S/C14H18F2N2O2/c15-11-1-2-13(16)10(7-11)8-12(9-14(19)20)18-5-3-17-4-6-18/h1-2,7,12,17H,3-6,8-9H2,(H,19,20). The topological polar surface area (TPSA) is 52.6 Å². The maximum atomic E-state index is 13.7. The molecule has 2 N–H and O–H groups in total. The summed E-state index contributed by atoms with van der Waals surface area (Å²) < 4.78 is 26.9. The van der Waals surface area contributed by atoms with E-state index in [2.05, 4.69) is 5.32 Å². The molecule has 2 rings (SSSR count). The van der Waals surface area contributed by atoms with Crippen molar-refractivity contribution in [3.8, 4) is 0 Å². The van der Waals surface area contributed by atoms with Gasteiger partial charge in [0, 0.05) is 32.2 Å². The van der Waals surface area contributed by atoms with Crippen LogP contribution in [0.3, 0.4) is 0 Å². The van der Waals surface area contributed by atoms with Gasteiger partial charge in [0.1, 0.15) is 11.6 Å². The Kier molecular flexibility index (Phi) is 5.03. The number of benzene rings is 1. The highest BCUT2D eigenvalue weighted by atomic mass is 19.1. The molecule has 0 bridgehead atoms. The Balaban J connectivity index is 2.13. The molecule has 1 heterocycles. The Morgan fingerprint density at radius 2 is 2.05 bits per heavy atom. The molecule has 0 saturated carbocycles. The summed E-state index contributed by atoms with van der Waals surface area (Å²) in [5.41, 5.74) is 0.231. The lowest BCUT2D eigenvalue weighted by Gasteiger charge is -2.34. The van der Waals surface area contributed by atoms with Gasteiger partial charge >= 0.3 is 5.97 Å².